The van der Waals surface area contributed by atoms with Gasteiger partial charge in [0.2, 0.25) is 5.91 Å². The number of likely N-dealkylation sites (tertiary alicyclic amines) is 1. The van der Waals surface area contributed by atoms with E-state index in [0.717, 1.165) is 0 Å². The molecule has 2 atom stereocenters. The molecule has 3 heterocycles. The highest BCUT2D eigenvalue weighted by Gasteiger charge is 2.74. The van der Waals surface area contributed by atoms with Crippen LogP contribution in [0.4, 0.5) is 30.7 Å². The van der Waals surface area contributed by atoms with Crippen molar-refractivity contribution in [2.24, 2.45) is 5.92 Å². The Kier molecular flexibility index (Phi) is 7.15. The number of halogens is 7. The molecule has 2 aromatic rings. The number of alkyl halides is 7. The number of nitrogens with zero attached hydrogens (tertiary/aromatic N) is 1. The first-order valence-corrected chi connectivity index (χ1v) is 16.1. The van der Waals surface area contributed by atoms with Gasteiger partial charge in [-0.05, 0) is 37.5 Å². The Balaban J connectivity index is 1.64. The molecule has 230 valence electrons. The van der Waals surface area contributed by atoms with E-state index in [4.69, 9.17) is 4.74 Å². The zero-order valence-corrected chi connectivity index (χ0v) is 23.2. The largest absolute Gasteiger partial charge is 0.491 e. The maximum absolute atomic E-state index is 14.9. The van der Waals surface area contributed by atoms with Gasteiger partial charge in [-0.3, -0.25) is 4.79 Å². The Morgan fingerprint density at radius 1 is 0.929 bits per heavy atom. The predicted molar refractivity (Wildman–Crippen MR) is 134 cm³/mol. The van der Waals surface area contributed by atoms with Crippen LogP contribution in [-0.4, -0.2) is 70.7 Å². The molecule has 16 heteroatoms. The number of benzene rings is 2. The van der Waals surface area contributed by atoms with Crippen molar-refractivity contribution in [3.8, 4) is 5.75 Å². The van der Waals surface area contributed by atoms with Gasteiger partial charge in [0.05, 0.1) is 22.4 Å². The summed E-state index contributed by atoms with van der Waals surface area (Å²) in [6.45, 7) is -0.794. The third-order valence-electron chi connectivity index (χ3n) is 8.37. The van der Waals surface area contributed by atoms with Crippen LogP contribution in [0.1, 0.15) is 30.4 Å². The molecule has 0 N–H and O–H groups in total. The average Bonchev–Trinajstić information content (AvgIpc) is 3.33. The highest BCUT2D eigenvalue weighted by Crippen LogP contribution is 2.57. The molecule has 0 aliphatic carbocycles. The van der Waals surface area contributed by atoms with E-state index in [1.165, 1.54) is 35.2 Å². The van der Waals surface area contributed by atoms with Crippen LogP contribution in [-0.2, 0) is 34.9 Å². The van der Waals surface area contributed by atoms with Gasteiger partial charge in [0.25, 0.3) is 0 Å². The standard InChI is InChI=1S/C26H24F7NO6S2/c27-24(25(28,29)30,26(31,32)33)17-6-7-19-20(14-17)40-15-21-23(19,42(38,39)18-4-2-1-3-5-18)10-11-34(21)22(35)16-8-12-41(36,37)13-9-16/h1-7,14,16,21H,8-13,15H2. The van der Waals surface area contributed by atoms with Gasteiger partial charge in [0, 0.05) is 23.6 Å². The molecule has 42 heavy (non-hydrogen) atoms. The smallest absolute Gasteiger partial charge is 0.435 e. The van der Waals surface area contributed by atoms with E-state index in [1.54, 1.807) is 0 Å². The Morgan fingerprint density at radius 2 is 1.52 bits per heavy atom. The van der Waals surface area contributed by atoms with Gasteiger partial charge >= 0.3 is 18.0 Å². The lowest BCUT2D eigenvalue weighted by Gasteiger charge is -2.43. The molecule has 2 unspecified atom stereocenters. The second-order valence-electron chi connectivity index (χ2n) is 10.6. The molecular formula is C26H24F7NO6S2. The zero-order valence-electron chi connectivity index (χ0n) is 21.6. The number of rotatable bonds is 4. The van der Waals surface area contributed by atoms with Crippen molar-refractivity contribution in [2.45, 2.75) is 53.0 Å². The van der Waals surface area contributed by atoms with E-state index in [2.05, 4.69) is 0 Å². The molecule has 2 fully saturated rings. The van der Waals surface area contributed by atoms with Crippen molar-refractivity contribution in [1.29, 1.82) is 0 Å². The van der Waals surface area contributed by atoms with Crippen LogP contribution < -0.4 is 4.74 Å². The molecule has 0 saturated carbocycles. The molecule has 3 aliphatic rings. The zero-order chi connectivity index (χ0) is 30.9. The second kappa shape index (κ2) is 9.82. The van der Waals surface area contributed by atoms with Crippen LogP contribution in [0.15, 0.2) is 53.4 Å². The summed E-state index contributed by atoms with van der Waals surface area (Å²) in [5.41, 5.74) is -7.90. The first-order chi connectivity index (χ1) is 19.4. The SMILES string of the molecule is O=C(C1CCS(=O)(=O)CC1)N1CCC2(S(=O)(=O)c3ccccc3)c3ccc(C(F)(C(F)(F)F)C(F)(F)F)cc3OCC12. The van der Waals surface area contributed by atoms with Gasteiger partial charge in [0.15, 0.2) is 9.84 Å². The lowest BCUT2D eigenvalue weighted by Crippen LogP contribution is -2.56. The molecule has 0 aromatic heterocycles. The van der Waals surface area contributed by atoms with Crippen LogP contribution in [0.3, 0.4) is 0 Å². The number of amides is 1. The van der Waals surface area contributed by atoms with Crippen molar-refractivity contribution < 1.29 is 57.1 Å². The number of ether oxygens (including phenoxy) is 1. The molecule has 7 nitrogen and oxygen atoms in total. The summed E-state index contributed by atoms with van der Waals surface area (Å²) in [5, 5.41) is 0. The third-order valence-corrected chi connectivity index (χ3v) is 12.6. The van der Waals surface area contributed by atoms with Gasteiger partial charge in [0.1, 0.15) is 26.9 Å². The number of fused-ring (bicyclic) bond motifs is 3. The van der Waals surface area contributed by atoms with Crippen LogP contribution in [0.2, 0.25) is 0 Å². The van der Waals surface area contributed by atoms with Crippen LogP contribution in [0, 0.1) is 5.92 Å². The minimum absolute atomic E-state index is 0.0110. The summed E-state index contributed by atoms with van der Waals surface area (Å²) in [6, 6.07) is 6.79. The Morgan fingerprint density at radius 3 is 2.10 bits per heavy atom. The molecular weight excluding hydrogens is 619 g/mol. The van der Waals surface area contributed by atoms with E-state index in [0.29, 0.717) is 6.07 Å². The third kappa shape index (κ3) is 4.47. The minimum Gasteiger partial charge on any atom is -0.491 e. The molecule has 2 saturated heterocycles. The maximum Gasteiger partial charge on any atom is 0.435 e. The first kappa shape index (κ1) is 30.6. The van der Waals surface area contributed by atoms with Gasteiger partial charge in [-0.1, -0.05) is 30.3 Å². The number of hydrogen-bond acceptors (Lipinski definition) is 6. The molecule has 3 aliphatic heterocycles. The second-order valence-corrected chi connectivity index (χ2v) is 15.1. The van der Waals surface area contributed by atoms with Gasteiger partial charge < -0.3 is 9.64 Å². The number of hydrogen-bond donors (Lipinski definition) is 0. The Bertz CT molecular complexity index is 1580. The molecule has 0 spiro atoms. The summed E-state index contributed by atoms with van der Waals surface area (Å²) in [7, 11) is -7.83. The minimum atomic E-state index is -6.39. The molecule has 5 rings (SSSR count). The van der Waals surface area contributed by atoms with E-state index < -0.39 is 78.2 Å². The van der Waals surface area contributed by atoms with Crippen LogP contribution >= 0.6 is 0 Å². The lowest BCUT2D eigenvalue weighted by atomic mass is 9.85. The summed E-state index contributed by atoms with van der Waals surface area (Å²) in [6.07, 6.45) is -13.1. The van der Waals surface area contributed by atoms with Crippen molar-refractivity contribution in [1.82, 2.24) is 4.90 Å². The number of carbonyl (C=O) groups excluding carboxylic acids is 1. The van der Waals surface area contributed by atoms with Crippen molar-refractivity contribution in [3.05, 3.63) is 59.7 Å². The summed E-state index contributed by atoms with van der Waals surface area (Å²) in [4.78, 5) is 14.6. The fraction of sp³-hybridized carbons (Fsp3) is 0.500. The summed E-state index contributed by atoms with van der Waals surface area (Å²) >= 11 is 0. The van der Waals surface area contributed by atoms with Crippen molar-refractivity contribution >= 4 is 25.6 Å². The average molecular weight is 644 g/mol. The normalized spacial score (nSPS) is 24.9. The fourth-order valence-corrected chi connectivity index (χ4v) is 9.96. The first-order valence-electron chi connectivity index (χ1n) is 12.8. The summed E-state index contributed by atoms with van der Waals surface area (Å²) < 4.78 is 151. The summed E-state index contributed by atoms with van der Waals surface area (Å²) in [5.74, 6) is -2.42. The molecule has 1 amide bonds. The van der Waals surface area contributed by atoms with Crippen molar-refractivity contribution in [2.75, 3.05) is 24.7 Å². The lowest BCUT2D eigenvalue weighted by molar-refractivity contribution is -0.348. The predicted octanol–water partition coefficient (Wildman–Crippen LogP) is 4.46. The van der Waals surface area contributed by atoms with Crippen LogP contribution in [0.5, 0.6) is 5.75 Å². The Labute approximate surface area is 236 Å². The maximum atomic E-state index is 14.9. The monoisotopic (exact) mass is 643 g/mol. The van der Waals surface area contributed by atoms with E-state index in [1.807, 2.05) is 0 Å². The molecule has 0 bridgehead atoms. The quantitative estimate of drug-likeness (QED) is 0.457. The van der Waals surface area contributed by atoms with Gasteiger partial charge in [-0.15, -0.1) is 0 Å². The van der Waals surface area contributed by atoms with E-state index in [-0.39, 0.29) is 59.9 Å². The van der Waals surface area contributed by atoms with Gasteiger partial charge in [-0.2, -0.15) is 26.3 Å². The Hall–Kier alpha value is -2.88. The topological polar surface area (TPSA) is 97.8 Å². The van der Waals surface area contributed by atoms with Gasteiger partial charge in [-0.25, -0.2) is 21.2 Å². The number of sulfone groups is 2. The van der Waals surface area contributed by atoms with E-state index >= 15 is 0 Å². The highest BCUT2D eigenvalue weighted by molar-refractivity contribution is 7.92. The van der Waals surface area contributed by atoms with Crippen molar-refractivity contribution in [3.63, 3.8) is 0 Å². The van der Waals surface area contributed by atoms with Crippen LogP contribution in [0.25, 0.3) is 0 Å². The highest BCUT2D eigenvalue weighted by atomic mass is 32.2. The molecule has 2 aromatic carbocycles. The number of carbonyl (C=O) groups is 1. The molecule has 0 radical (unpaired) electrons. The van der Waals surface area contributed by atoms with E-state index in [9.17, 15) is 52.4 Å². The fourth-order valence-electron chi connectivity index (χ4n) is 6.17.